The van der Waals surface area contributed by atoms with Crippen LogP contribution in [0.15, 0.2) is 18.2 Å². The van der Waals surface area contributed by atoms with Gasteiger partial charge in [0.15, 0.2) is 0 Å². The number of fused-ring (bicyclic) bond motifs is 1. The molecule has 0 saturated heterocycles. The highest BCUT2D eigenvalue weighted by atomic mass is 16.5. The molecule has 2 aliphatic rings. The van der Waals surface area contributed by atoms with Crippen LogP contribution < -0.4 is 5.73 Å². The summed E-state index contributed by atoms with van der Waals surface area (Å²) in [6.07, 6.45) is 1.24. The Balaban J connectivity index is 0.000000163. The standard InChI is InChI=1S/C6H5N.C6H12O3/c7-6-3-4-1-2-5(4)6;1-2-3-6(8)9-5-4-7/h1-3H,7H2;7H,2-5H2,1H3. The van der Waals surface area contributed by atoms with Gasteiger partial charge in [0.05, 0.1) is 6.61 Å². The highest BCUT2D eigenvalue weighted by Gasteiger charge is 2.12. The molecule has 88 valence electrons. The van der Waals surface area contributed by atoms with E-state index in [4.69, 9.17) is 10.8 Å². The van der Waals surface area contributed by atoms with Gasteiger partial charge in [-0.25, -0.2) is 0 Å². The molecule has 4 heteroatoms. The number of carbonyl (C=O) groups excluding carboxylic acids is 1. The first-order valence-electron chi connectivity index (χ1n) is 5.35. The summed E-state index contributed by atoms with van der Waals surface area (Å²) >= 11 is 0. The molecule has 0 aromatic carbocycles. The maximum atomic E-state index is 10.5. The molecular formula is C12H17NO3. The summed E-state index contributed by atoms with van der Waals surface area (Å²) in [5.74, 6) is -0.230. The lowest BCUT2D eigenvalue weighted by molar-refractivity contribution is -0.144. The second-order valence-electron chi connectivity index (χ2n) is 3.50. The van der Waals surface area contributed by atoms with E-state index in [1.165, 1.54) is 11.1 Å². The van der Waals surface area contributed by atoms with Gasteiger partial charge in [-0.05, 0) is 18.1 Å². The molecule has 4 nitrogen and oxygen atoms in total. The highest BCUT2D eigenvalue weighted by molar-refractivity contribution is 5.90. The monoisotopic (exact) mass is 223 g/mol. The molecule has 0 saturated carbocycles. The Morgan fingerprint density at radius 2 is 2.25 bits per heavy atom. The normalized spacial score (nSPS) is 10.1. The summed E-state index contributed by atoms with van der Waals surface area (Å²) in [7, 11) is 0. The van der Waals surface area contributed by atoms with Gasteiger partial charge in [-0.15, -0.1) is 0 Å². The molecule has 2 rings (SSSR count). The first kappa shape index (κ1) is 12.5. The second kappa shape index (κ2) is 6.12. The first-order valence-corrected chi connectivity index (χ1v) is 5.35. The van der Waals surface area contributed by atoms with Crippen LogP contribution in [0, 0.1) is 0 Å². The number of ether oxygens (including phenoxy) is 1. The number of carbonyl (C=O) groups is 1. The van der Waals surface area contributed by atoms with Gasteiger partial charge in [0, 0.05) is 17.7 Å². The van der Waals surface area contributed by atoms with Crippen LogP contribution in [0.25, 0.3) is 11.1 Å². The molecule has 2 aliphatic carbocycles. The van der Waals surface area contributed by atoms with Gasteiger partial charge in [0.25, 0.3) is 0 Å². The molecule has 0 atom stereocenters. The van der Waals surface area contributed by atoms with Gasteiger partial charge in [-0.3, -0.25) is 4.79 Å². The fourth-order valence-electron chi connectivity index (χ4n) is 1.25. The first-order chi connectivity index (χ1) is 7.69. The third-order valence-corrected chi connectivity index (χ3v) is 2.17. The van der Waals surface area contributed by atoms with Gasteiger partial charge >= 0.3 is 5.97 Å². The molecule has 0 spiro atoms. The van der Waals surface area contributed by atoms with Gasteiger partial charge in [-0.1, -0.05) is 19.1 Å². The molecular weight excluding hydrogens is 206 g/mol. The lowest BCUT2D eigenvalue weighted by atomic mass is 9.91. The van der Waals surface area contributed by atoms with Crippen molar-refractivity contribution in [2.45, 2.75) is 19.8 Å². The SMILES string of the molecule is CCCC(=O)OCCO.Nc1cc2ccc1-2. The molecule has 3 N–H and O–H groups in total. The molecule has 0 fully saturated rings. The highest BCUT2D eigenvalue weighted by Crippen LogP contribution is 2.38. The number of aliphatic hydroxyl groups is 1. The van der Waals surface area contributed by atoms with E-state index in [1.807, 2.05) is 19.1 Å². The van der Waals surface area contributed by atoms with Crippen LogP contribution in [-0.4, -0.2) is 24.3 Å². The average Bonchev–Trinajstić information content (AvgIpc) is 2.24. The van der Waals surface area contributed by atoms with Crippen LogP contribution in [-0.2, 0) is 9.53 Å². The molecule has 0 aliphatic heterocycles. The average molecular weight is 223 g/mol. The van der Waals surface area contributed by atoms with E-state index >= 15 is 0 Å². The summed E-state index contributed by atoms with van der Waals surface area (Å²) < 4.78 is 4.54. The van der Waals surface area contributed by atoms with Crippen LogP contribution in [0.4, 0.5) is 5.69 Å². The zero-order valence-corrected chi connectivity index (χ0v) is 9.40. The Morgan fingerprint density at radius 1 is 1.50 bits per heavy atom. The van der Waals surface area contributed by atoms with E-state index < -0.39 is 0 Å². The maximum absolute atomic E-state index is 10.5. The lowest BCUT2D eigenvalue weighted by Gasteiger charge is -2.16. The lowest BCUT2D eigenvalue weighted by Crippen LogP contribution is -2.07. The van der Waals surface area contributed by atoms with E-state index in [1.54, 1.807) is 0 Å². The van der Waals surface area contributed by atoms with E-state index in [0.717, 1.165) is 12.1 Å². The number of benzene rings is 1. The topological polar surface area (TPSA) is 72.5 Å². The van der Waals surface area contributed by atoms with Crippen molar-refractivity contribution in [2.24, 2.45) is 0 Å². The zero-order valence-electron chi connectivity index (χ0n) is 9.40. The fraction of sp³-hybridized carbons (Fsp3) is 0.417. The molecule has 16 heavy (non-hydrogen) atoms. The number of aliphatic hydroxyl groups excluding tert-OH is 1. The van der Waals surface area contributed by atoms with Crippen molar-refractivity contribution in [2.75, 3.05) is 18.9 Å². The number of anilines is 1. The van der Waals surface area contributed by atoms with Crippen molar-refractivity contribution in [3.63, 3.8) is 0 Å². The number of rotatable bonds is 4. The van der Waals surface area contributed by atoms with Gasteiger partial charge in [-0.2, -0.15) is 0 Å². The minimum Gasteiger partial charge on any atom is -0.463 e. The second-order valence-corrected chi connectivity index (χ2v) is 3.50. The maximum Gasteiger partial charge on any atom is 0.305 e. The Morgan fingerprint density at radius 3 is 2.50 bits per heavy atom. The quantitative estimate of drug-likeness (QED) is 0.609. The van der Waals surface area contributed by atoms with Crippen LogP contribution in [0.5, 0.6) is 0 Å². The van der Waals surface area contributed by atoms with Crippen LogP contribution in [0.2, 0.25) is 0 Å². The summed E-state index contributed by atoms with van der Waals surface area (Å²) in [6.45, 7) is 1.94. The van der Waals surface area contributed by atoms with Gasteiger partial charge < -0.3 is 15.6 Å². The number of hydrogen-bond acceptors (Lipinski definition) is 4. The molecule has 0 aromatic rings. The Kier molecular flexibility index (Phi) is 4.79. The Hall–Kier alpha value is -1.55. The largest absolute Gasteiger partial charge is 0.463 e. The van der Waals surface area contributed by atoms with Crippen molar-refractivity contribution in [1.82, 2.24) is 0 Å². The fourth-order valence-corrected chi connectivity index (χ4v) is 1.25. The number of hydrogen-bond donors (Lipinski definition) is 2. The molecule has 0 heterocycles. The van der Waals surface area contributed by atoms with E-state index in [2.05, 4.69) is 10.8 Å². The summed E-state index contributed by atoms with van der Waals surface area (Å²) in [6, 6.07) is 6.08. The van der Waals surface area contributed by atoms with Crippen LogP contribution in [0.3, 0.4) is 0 Å². The number of esters is 1. The predicted molar refractivity (Wildman–Crippen MR) is 62.8 cm³/mol. The van der Waals surface area contributed by atoms with Crippen molar-refractivity contribution in [1.29, 1.82) is 0 Å². The smallest absolute Gasteiger partial charge is 0.305 e. The van der Waals surface area contributed by atoms with Gasteiger partial charge in [0.2, 0.25) is 0 Å². The van der Waals surface area contributed by atoms with E-state index in [9.17, 15) is 4.79 Å². The summed E-state index contributed by atoms with van der Waals surface area (Å²) in [5.41, 5.74) is 8.92. The minimum atomic E-state index is -0.230. The van der Waals surface area contributed by atoms with Crippen molar-refractivity contribution < 1.29 is 14.6 Å². The minimum absolute atomic E-state index is 0.0878. The molecule has 0 radical (unpaired) electrons. The van der Waals surface area contributed by atoms with Crippen LogP contribution in [0.1, 0.15) is 19.8 Å². The molecule has 0 amide bonds. The molecule has 0 aromatic heterocycles. The molecule has 0 unspecified atom stereocenters. The van der Waals surface area contributed by atoms with Crippen molar-refractivity contribution >= 4 is 11.7 Å². The van der Waals surface area contributed by atoms with Crippen LogP contribution >= 0.6 is 0 Å². The number of nitrogen functional groups attached to an aromatic ring is 1. The predicted octanol–water partition coefficient (Wildman–Crippen LogP) is 1.57. The number of nitrogens with two attached hydrogens (primary N) is 1. The third kappa shape index (κ3) is 3.24. The zero-order chi connectivity index (χ0) is 12.0. The summed E-state index contributed by atoms with van der Waals surface area (Å²) in [5, 5.41) is 8.21. The molecule has 0 bridgehead atoms. The van der Waals surface area contributed by atoms with E-state index in [-0.39, 0.29) is 19.2 Å². The Labute approximate surface area is 95.0 Å². The van der Waals surface area contributed by atoms with Crippen molar-refractivity contribution in [3.05, 3.63) is 18.2 Å². The summed E-state index contributed by atoms with van der Waals surface area (Å²) in [4.78, 5) is 10.5. The van der Waals surface area contributed by atoms with E-state index in [0.29, 0.717) is 6.42 Å². The van der Waals surface area contributed by atoms with Gasteiger partial charge in [0.1, 0.15) is 6.61 Å². The third-order valence-electron chi connectivity index (χ3n) is 2.17. The Bertz CT molecular complexity index is 363. The van der Waals surface area contributed by atoms with Crippen molar-refractivity contribution in [3.8, 4) is 11.1 Å².